The number of hydrogen-bond donors (Lipinski definition) is 2. The molecule has 6 heteroatoms. The number of ether oxygens (including phenoxy) is 1. The largest absolute Gasteiger partial charge is 0.480 e. The Balaban J connectivity index is 2.33. The van der Waals surface area contributed by atoms with E-state index >= 15 is 0 Å². The number of urea groups is 1. The fraction of sp³-hybridized carbons (Fsp3) is 0.833. The van der Waals surface area contributed by atoms with Crippen LogP contribution < -0.4 is 5.32 Å². The Hall–Kier alpha value is -1.30. The number of nitrogens with zero attached hydrogens (tertiary/aromatic N) is 1. The van der Waals surface area contributed by atoms with Crippen molar-refractivity contribution in [3.63, 3.8) is 0 Å². The first-order valence-corrected chi connectivity index (χ1v) is 6.28. The fourth-order valence-electron chi connectivity index (χ4n) is 1.72. The van der Waals surface area contributed by atoms with Gasteiger partial charge in [-0.2, -0.15) is 0 Å². The number of carboxylic acids is 1. The summed E-state index contributed by atoms with van der Waals surface area (Å²) in [7, 11) is 3.26. The summed E-state index contributed by atoms with van der Waals surface area (Å²) < 4.78 is 4.87. The van der Waals surface area contributed by atoms with E-state index in [1.807, 2.05) is 0 Å². The van der Waals surface area contributed by atoms with Gasteiger partial charge >= 0.3 is 12.0 Å². The lowest BCUT2D eigenvalue weighted by molar-refractivity contribution is -0.139. The van der Waals surface area contributed by atoms with E-state index in [4.69, 9.17) is 9.84 Å². The van der Waals surface area contributed by atoms with Gasteiger partial charge in [-0.1, -0.05) is 0 Å². The van der Waals surface area contributed by atoms with E-state index in [9.17, 15) is 9.59 Å². The first-order valence-electron chi connectivity index (χ1n) is 6.28. The van der Waals surface area contributed by atoms with Gasteiger partial charge in [0, 0.05) is 27.3 Å². The van der Waals surface area contributed by atoms with E-state index in [0.717, 1.165) is 12.8 Å². The zero-order valence-electron chi connectivity index (χ0n) is 11.0. The molecule has 1 atom stereocenters. The maximum atomic E-state index is 11.8. The molecule has 0 saturated heterocycles. The molecule has 0 heterocycles. The number of carboxylic acid groups (broad SMARTS) is 1. The van der Waals surface area contributed by atoms with Crippen LogP contribution in [0.1, 0.15) is 25.7 Å². The minimum atomic E-state index is -1.00. The molecular formula is C12H22N2O4. The van der Waals surface area contributed by atoms with Crippen LogP contribution in [0.3, 0.4) is 0 Å². The number of nitrogens with one attached hydrogen (secondary N) is 1. The van der Waals surface area contributed by atoms with Gasteiger partial charge in [-0.15, -0.1) is 0 Å². The summed E-state index contributed by atoms with van der Waals surface area (Å²) in [5, 5.41) is 11.6. The predicted molar refractivity (Wildman–Crippen MR) is 66.4 cm³/mol. The van der Waals surface area contributed by atoms with Gasteiger partial charge in [0.1, 0.15) is 6.04 Å². The highest BCUT2D eigenvalue weighted by Crippen LogP contribution is 2.29. The van der Waals surface area contributed by atoms with Crippen molar-refractivity contribution >= 4 is 12.0 Å². The molecule has 0 spiro atoms. The standard InChI is InChI=1S/C12H22N2O4/c1-14(8-9-5-6-9)12(17)13-10(11(15)16)4-3-7-18-2/h9-10H,3-8H2,1-2H3,(H,13,17)(H,15,16). The fourth-order valence-corrected chi connectivity index (χ4v) is 1.72. The third-order valence-corrected chi connectivity index (χ3v) is 3.01. The van der Waals surface area contributed by atoms with Crippen molar-refractivity contribution in [1.82, 2.24) is 10.2 Å². The van der Waals surface area contributed by atoms with Crippen molar-refractivity contribution in [2.45, 2.75) is 31.7 Å². The van der Waals surface area contributed by atoms with Crippen molar-refractivity contribution in [2.24, 2.45) is 5.92 Å². The molecule has 104 valence electrons. The second kappa shape index (κ2) is 7.20. The van der Waals surface area contributed by atoms with E-state index in [1.54, 1.807) is 19.1 Å². The van der Waals surface area contributed by atoms with Crippen LogP contribution >= 0.6 is 0 Å². The lowest BCUT2D eigenvalue weighted by atomic mass is 10.1. The topological polar surface area (TPSA) is 78.9 Å². The summed E-state index contributed by atoms with van der Waals surface area (Å²) in [6.07, 6.45) is 3.31. The van der Waals surface area contributed by atoms with Crippen LogP contribution in [-0.4, -0.2) is 55.4 Å². The zero-order chi connectivity index (χ0) is 13.5. The van der Waals surface area contributed by atoms with Crippen LogP contribution in [0.15, 0.2) is 0 Å². The Morgan fingerprint density at radius 1 is 1.50 bits per heavy atom. The molecular weight excluding hydrogens is 236 g/mol. The number of hydrogen-bond acceptors (Lipinski definition) is 3. The normalized spacial score (nSPS) is 16.1. The summed E-state index contributed by atoms with van der Waals surface area (Å²) >= 11 is 0. The molecule has 1 aliphatic rings. The highest BCUT2D eigenvalue weighted by atomic mass is 16.5. The number of carbonyl (C=O) groups is 2. The molecule has 1 rings (SSSR count). The van der Waals surface area contributed by atoms with Crippen LogP contribution in [0.25, 0.3) is 0 Å². The van der Waals surface area contributed by atoms with E-state index in [-0.39, 0.29) is 6.03 Å². The average molecular weight is 258 g/mol. The average Bonchev–Trinajstić information content (AvgIpc) is 3.11. The van der Waals surface area contributed by atoms with Gasteiger partial charge < -0.3 is 20.1 Å². The monoisotopic (exact) mass is 258 g/mol. The van der Waals surface area contributed by atoms with Crippen molar-refractivity contribution in [2.75, 3.05) is 27.3 Å². The lowest BCUT2D eigenvalue weighted by Gasteiger charge is -2.21. The minimum Gasteiger partial charge on any atom is -0.480 e. The summed E-state index contributed by atoms with van der Waals surface area (Å²) in [6, 6.07) is -1.15. The first kappa shape index (κ1) is 14.8. The predicted octanol–water partition coefficient (Wildman–Crippen LogP) is 0.918. The number of rotatable bonds is 8. The van der Waals surface area contributed by atoms with Gasteiger partial charge in [0.15, 0.2) is 0 Å². The summed E-state index contributed by atoms with van der Waals surface area (Å²) in [6.45, 7) is 1.20. The second-order valence-corrected chi connectivity index (χ2v) is 4.80. The van der Waals surface area contributed by atoms with Crippen LogP contribution in [0.4, 0.5) is 4.79 Å². The number of amides is 2. The van der Waals surface area contributed by atoms with Gasteiger partial charge in [0.2, 0.25) is 0 Å². The second-order valence-electron chi connectivity index (χ2n) is 4.80. The van der Waals surface area contributed by atoms with E-state index in [0.29, 0.717) is 31.9 Å². The van der Waals surface area contributed by atoms with Gasteiger partial charge in [-0.3, -0.25) is 0 Å². The van der Waals surface area contributed by atoms with E-state index in [1.165, 1.54) is 0 Å². The molecule has 1 aliphatic carbocycles. The smallest absolute Gasteiger partial charge is 0.326 e. The summed E-state index contributed by atoms with van der Waals surface area (Å²) in [4.78, 5) is 24.3. The highest BCUT2D eigenvalue weighted by Gasteiger charge is 2.26. The number of methoxy groups -OCH3 is 1. The molecule has 0 radical (unpaired) electrons. The molecule has 0 aromatic rings. The Labute approximate surface area is 107 Å². The molecule has 0 aliphatic heterocycles. The Morgan fingerprint density at radius 3 is 2.67 bits per heavy atom. The SMILES string of the molecule is COCCCC(NC(=O)N(C)CC1CC1)C(=O)O. The molecule has 1 unspecified atom stereocenters. The first-order chi connectivity index (χ1) is 8.54. The summed E-state index contributed by atoms with van der Waals surface area (Å²) in [5.74, 6) is -0.406. The number of carbonyl (C=O) groups excluding carboxylic acids is 1. The van der Waals surface area contributed by atoms with Crippen LogP contribution in [0.2, 0.25) is 0 Å². The van der Waals surface area contributed by atoms with E-state index < -0.39 is 12.0 Å². The molecule has 0 aromatic carbocycles. The molecule has 6 nitrogen and oxygen atoms in total. The third kappa shape index (κ3) is 5.35. The maximum absolute atomic E-state index is 11.8. The molecule has 0 aromatic heterocycles. The Kier molecular flexibility index (Phi) is 5.91. The lowest BCUT2D eigenvalue weighted by Crippen LogP contribution is -2.47. The third-order valence-electron chi connectivity index (χ3n) is 3.01. The zero-order valence-corrected chi connectivity index (χ0v) is 11.0. The van der Waals surface area contributed by atoms with Crippen molar-refractivity contribution in [1.29, 1.82) is 0 Å². The van der Waals surface area contributed by atoms with Crippen LogP contribution in [-0.2, 0) is 9.53 Å². The highest BCUT2D eigenvalue weighted by molar-refractivity contribution is 5.82. The number of aliphatic carboxylic acids is 1. The van der Waals surface area contributed by atoms with Gasteiger partial charge in [0.25, 0.3) is 0 Å². The van der Waals surface area contributed by atoms with Crippen molar-refractivity contribution in [3.8, 4) is 0 Å². The summed E-state index contributed by atoms with van der Waals surface area (Å²) in [5.41, 5.74) is 0. The van der Waals surface area contributed by atoms with Crippen LogP contribution in [0, 0.1) is 5.92 Å². The molecule has 1 saturated carbocycles. The molecule has 2 N–H and O–H groups in total. The molecule has 1 fully saturated rings. The maximum Gasteiger partial charge on any atom is 0.326 e. The molecule has 0 bridgehead atoms. The molecule has 2 amide bonds. The Morgan fingerprint density at radius 2 is 2.17 bits per heavy atom. The van der Waals surface area contributed by atoms with Crippen molar-refractivity contribution in [3.05, 3.63) is 0 Å². The van der Waals surface area contributed by atoms with Crippen molar-refractivity contribution < 1.29 is 19.4 Å². The van der Waals surface area contributed by atoms with E-state index in [2.05, 4.69) is 5.32 Å². The van der Waals surface area contributed by atoms with Gasteiger partial charge in [-0.25, -0.2) is 9.59 Å². The van der Waals surface area contributed by atoms with Gasteiger partial charge in [-0.05, 0) is 31.6 Å². The van der Waals surface area contributed by atoms with Crippen LogP contribution in [0.5, 0.6) is 0 Å². The minimum absolute atomic E-state index is 0.313. The quantitative estimate of drug-likeness (QED) is 0.634. The molecule has 18 heavy (non-hydrogen) atoms. The Bertz CT molecular complexity index is 292. The van der Waals surface area contributed by atoms with Gasteiger partial charge in [0.05, 0.1) is 0 Å².